The maximum absolute atomic E-state index is 13.7. The summed E-state index contributed by atoms with van der Waals surface area (Å²) in [6.45, 7) is 2.37. The molecule has 1 aromatic carbocycles. The Morgan fingerprint density at radius 3 is 2.77 bits per heavy atom. The monoisotopic (exact) mass is 432 g/mol. The number of benzene rings is 1. The molecule has 1 saturated carbocycles. The number of hydrogen-bond donors (Lipinski definition) is 0. The van der Waals surface area contributed by atoms with E-state index < -0.39 is 0 Å². The Labute approximate surface area is 181 Å². The predicted octanol–water partition coefficient (Wildman–Crippen LogP) is 3.85. The van der Waals surface area contributed by atoms with Crippen molar-refractivity contribution in [2.24, 2.45) is 0 Å². The summed E-state index contributed by atoms with van der Waals surface area (Å²) in [7, 11) is 0. The first-order valence-electron chi connectivity index (χ1n) is 9.98. The minimum Gasteiger partial charge on any atom is -0.332 e. The average molecular weight is 433 g/mol. The third-order valence-electron chi connectivity index (χ3n) is 5.92. The first-order valence-corrected chi connectivity index (χ1v) is 10.4. The molecule has 0 N–H and O–H groups in total. The van der Waals surface area contributed by atoms with Crippen molar-refractivity contribution in [3.8, 4) is 11.6 Å². The lowest BCUT2D eigenvalue weighted by molar-refractivity contribution is 0.415. The Bertz CT molecular complexity index is 1510. The molecular formula is C22H17ClN6O2. The summed E-state index contributed by atoms with van der Waals surface area (Å²) in [5.74, 6) is 0.898. The topological polar surface area (TPSA) is 91.1 Å². The van der Waals surface area contributed by atoms with E-state index in [1.54, 1.807) is 27.6 Å². The first-order chi connectivity index (χ1) is 15.0. The van der Waals surface area contributed by atoms with Crippen LogP contribution in [0.1, 0.15) is 31.3 Å². The van der Waals surface area contributed by atoms with Crippen LogP contribution in [0.25, 0.3) is 28.1 Å². The molecule has 0 amide bonds. The van der Waals surface area contributed by atoms with Crippen LogP contribution in [0.2, 0.25) is 5.02 Å². The van der Waals surface area contributed by atoms with Crippen molar-refractivity contribution in [3.63, 3.8) is 0 Å². The highest BCUT2D eigenvalue weighted by atomic mass is 35.5. The molecule has 154 valence electrons. The third kappa shape index (κ3) is 2.79. The van der Waals surface area contributed by atoms with Gasteiger partial charge in [-0.25, -0.2) is 4.98 Å². The second kappa shape index (κ2) is 6.49. The second-order valence-electron chi connectivity index (χ2n) is 8.12. The maximum Gasteiger partial charge on any atom is 0.279 e. The van der Waals surface area contributed by atoms with E-state index >= 15 is 0 Å². The molecule has 0 aliphatic heterocycles. The van der Waals surface area contributed by atoms with Gasteiger partial charge in [0.2, 0.25) is 0 Å². The smallest absolute Gasteiger partial charge is 0.279 e. The molecule has 0 bridgehead atoms. The number of halogens is 1. The summed E-state index contributed by atoms with van der Waals surface area (Å²) in [6, 6.07) is 11.1. The molecule has 0 atom stereocenters. The van der Waals surface area contributed by atoms with Crippen molar-refractivity contribution >= 4 is 28.2 Å². The molecule has 9 heteroatoms. The normalized spacial score (nSPS) is 15.0. The minimum absolute atomic E-state index is 0.0449. The van der Waals surface area contributed by atoms with Gasteiger partial charge in [-0.15, -0.1) is 0 Å². The van der Waals surface area contributed by atoms with E-state index in [1.165, 1.54) is 0 Å². The minimum atomic E-state index is -0.254. The molecule has 0 saturated heterocycles. The van der Waals surface area contributed by atoms with Gasteiger partial charge >= 0.3 is 0 Å². The number of rotatable bonds is 4. The van der Waals surface area contributed by atoms with E-state index in [9.17, 15) is 4.79 Å². The summed E-state index contributed by atoms with van der Waals surface area (Å²) in [5, 5.41) is 4.61. The molecule has 6 rings (SSSR count). The summed E-state index contributed by atoms with van der Waals surface area (Å²) in [5.41, 5.74) is 2.55. The van der Waals surface area contributed by atoms with Crippen molar-refractivity contribution in [2.45, 2.75) is 31.7 Å². The number of fused-ring (bicyclic) bond motifs is 3. The fraction of sp³-hybridized carbons (Fsp3) is 0.227. The number of aromatic nitrogens is 6. The quantitative estimate of drug-likeness (QED) is 0.428. The molecule has 1 aliphatic carbocycles. The molecule has 1 aliphatic rings. The Hall–Kier alpha value is -3.52. The molecular weight excluding hydrogens is 416 g/mol. The van der Waals surface area contributed by atoms with Crippen LogP contribution in [0, 0.1) is 0 Å². The van der Waals surface area contributed by atoms with Crippen LogP contribution in [-0.2, 0) is 12.0 Å². The lowest BCUT2D eigenvalue weighted by Crippen LogP contribution is -2.24. The highest BCUT2D eigenvalue weighted by molar-refractivity contribution is 6.35. The largest absolute Gasteiger partial charge is 0.332 e. The number of nitrogens with zero attached hydrogens (tertiary/aromatic N) is 6. The Morgan fingerprint density at radius 1 is 1.13 bits per heavy atom. The number of pyridine rings is 1. The third-order valence-corrected chi connectivity index (χ3v) is 6.23. The average Bonchev–Trinajstić information content (AvgIpc) is 3.19. The summed E-state index contributed by atoms with van der Waals surface area (Å²) in [4.78, 5) is 27.1. The molecule has 31 heavy (non-hydrogen) atoms. The zero-order valence-corrected chi connectivity index (χ0v) is 17.4. The van der Waals surface area contributed by atoms with Gasteiger partial charge < -0.3 is 4.52 Å². The van der Waals surface area contributed by atoms with Gasteiger partial charge in [0.25, 0.3) is 11.4 Å². The highest BCUT2D eigenvalue weighted by Gasteiger charge is 2.44. The van der Waals surface area contributed by atoms with Gasteiger partial charge in [0.05, 0.1) is 28.3 Å². The molecule has 8 nitrogen and oxygen atoms in total. The molecule has 1 fully saturated rings. The van der Waals surface area contributed by atoms with Crippen LogP contribution >= 0.6 is 11.6 Å². The molecule has 4 heterocycles. The van der Waals surface area contributed by atoms with Gasteiger partial charge in [0.1, 0.15) is 11.8 Å². The van der Waals surface area contributed by atoms with E-state index in [2.05, 4.69) is 27.0 Å². The van der Waals surface area contributed by atoms with Crippen LogP contribution in [0.5, 0.6) is 0 Å². The van der Waals surface area contributed by atoms with Gasteiger partial charge in [0, 0.05) is 11.6 Å². The van der Waals surface area contributed by atoms with Crippen molar-refractivity contribution < 1.29 is 4.52 Å². The van der Waals surface area contributed by atoms with Gasteiger partial charge in [-0.2, -0.15) is 4.98 Å². The van der Waals surface area contributed by atoms with Gasteiger partial charge in [-0.3, -0.25) is 18.7 Å². The lowest BCUT2D eigenvalue weighted by Gasteiger charge is -2.13. The molecule has 0 radical (unpaired) electrons. The number of hydrogen-bond acceptors (Lipinski definition) is 6. The van der Waals surface area contributed by atoms with E-state index in [1.807, 2.05) is 30.3 Å². The summed E-state index contributed by atoms with van der Waals surface area (Å²) < 4.78 is 8.87. The van der Waals surface area contributed by atoms with E-state index in [-0.39, 0.29) is 23.4 Å². The van der Waals surface area contributed by atoms with Crippen molar-refractivity contribution in [3.05, 3.63) is 75.8 Å². The zero-order valence-electron chi connectivity index (χ0n) is 16.6. The first kappa shape index (κ1) is 18.3. The predicted molar refractivity (Wildman–Crippen MR) is 115 cm³/mol. The number of para-hydroxylation sites is 1. The van der Waals surface area contributed by atoms with Crippen molar-refractivity contribution in [2.75, 3.05) is 0 Å². The van der Waals surface area contributed by atoms with Crippen LogP contribution in [0.3, 0.4) is 0 Å². The molecule has 5 aromatic rings. The Morgan fingerprint density at radius 2 is 2.00 bits per heavy atom. The maximum atomic E-state index is 13.7. The van der Waals surface area contributed by atoms with Crippen LogP contribution in [-0.4, -0.2) is 29.1 Å². The zero-order chi connectivity index (χ0) is 21.2. The van der Waals surface area contributed by atoms with Crippen molar-refractivity contribution in [1.29, 1.82) is 0 Å². The van der Waals surface area contributed by atoms with E-state index in [0.29, 0.717) is 27.6 Å². The summed E-state index contributed by atoms with van der Waals surface area (Å²) >= 11 is 6.53. The molecule has 4 aromatic heterocycles. The molecule has 0 unspecified atom stereocenters. The van der Waals surface area contributed by atoms with Gasteiger partial charge in [0.15, 0.2) is 11.5 Å². The van der Waals surface area contributed by atoms with E-state index in [0.717, 1.165) is 24.1 Å². The van der Waals surface area contributed by atoms with Crippen LogP contribution in [0.15, 0.2) is 58.2 Å². The fourth-order valence-corrected chi connectivity index (χ4v) is 4.14. The lowest BCUT2D eigenvalue weighted by atomic mass is 10.1. The van der Waals surface area contributed by atoms with Crippen molar-refractivity contribution in [1.82, 2.24) is 29.1 Å². The molecule has 0 spiro atoms. The number of imidazole rings is 1. The van der Waals surface area contributed by atoms with E-state index in [4.69, 9.17) is 16.1 Å². The highest BCUT2D eigenvalue weighted by Crippen LogP contribution is 2.46. The van der Waals surface area contributed by atoms with Gasteiger partial charge in [-0.1, -0.05) is 35.8 Å². The van der Waals surface area contributed by atoms with Crippen LogP contribution in [0.4, 0.5) is 0 Å². The second-order valence-corrected chi connectivity index (χ2v) is 8.52. The SMILES string of the molecule is CC1(c2noc(-c3ncn4c3c(=O)n(Cc3ccccn3)c3c(Cl)cccc34)n2)CC1. The standard InChI is InChI=1S/C22H17ClN6O2/c1-22(8-9-22)21-26-19(31-27-21)16-18-20(30)28(11-13-5-2-3-10-24-13)17-14(23)6-4-7-15(17)29(18)12-25-16/h2-7,10,12H,8-9,11H2,1H3. The van der Waals surface area contributed by atoms with Crippen LogP contribution < -0.4 is 5.56 Å². The summed E-state index contributed by atoms with van der Waals surface area (Å²) in [6.07, 6.45) is 5.34. The Balaban J connectivity index is 1.63. The van der Waals surface area contributed by atoms with Gasteiger partial charge in [-0.05, 0) is 37.1 Å². The fourth-order valence-electron chi connectivity index (χ4n) is 3.87. The Kier molecular flexibility index (Phi) is 3.82.